The van der Waals surface area contributed by atoms with E-state index in [1.807, 2.05) is 0 Å². The van der Waals surface area contributed by atoms with Gasteiger partial charge in [-0.15, -0.1) is 0 Å². The molecular formula is C18H14N4O7S. The van der Waals surface area contributed by atoms with Crippen molar-refractivity contribution in [2.75, 3.05) is 6.61 Å². The van der Waals surface area contributed by atoms with E-state index in [0.29, 0.717) is 10.2 Å². The number of nitro benzene ring substituents is 2. The molecule has 1 heterocycles. The molecule has 30 heavy (non-hydrogen) atoms. The Bertz CT molecular complexity index is 1230. The van der Waals surface area contributed by atoms with Crippen molar-refractivity contribution in [2.24, 2.45) is 4.99 Å². The van der Waals surface area contributed by atoms with Gasteiger partial charge in [-0.1, -0.05) is 11.3 Å². The van der Waals surface area contributed by atoms with Crippen LogP contribution in [0.25, 0.3) is 10.2 Å². The summed E-state index contributed by atoms with van der Waals surface area (Å²) < 4.78 is 6.90. The lowest BCUT2D eigenvalue weighted by Gasteiger charge is -2.05. The SMILES string of the molecule is CCOC(=O)Cn1c(=NC(=O)c2ccc([N+](=O)[O-])cc2)sc2ccc([N+](=O)[O-])cc21. The minimum atomic E-state index is -0.677. The first-order chi connectivity index (χ1) is 14.3. The zero-order chi connectivity index (χ0) is 21.8. The van der Waals surface area contributed by atoms with Crippen molar-refractivity contribution in [1.29, 1.82) is 0 Å². The minimum absolute atomic E-state index is 0.117. The molecule has 2 aromatic carbocycles. The molecule has 0 unspecified atom stereocenters. The van der Waals surface area contributed by atoms with Crippen molar-refractivity contribution in [1.82, 2.24) is 4.57 Å². The number of rotatable bonds is 6. The van der Waals surface area contributed by atoms with E-state index in [2.05, 4.69) is 4.99 Å². The molecule has 0 saturated carbocycles. The molecule has 11 nitrogen and oxygen atoms in total. The number of esters is 1. The predicted molar refractivity (Wildman–Crippen MR) is 106 cm³/mol. The molecule has 0 spiro atoms. The monoisotopic (exact) mass is 430 g/mol. The highest BCUT2D eigenvalue weighted by molar-refractivity contribution is 7.16. The summed E-state index contributed by atoms with van der Waals surface area (Å²) in [6.45, 7) is 1.50. The van der Waals surface area contributed by atoms with Gasteiger partial charge in [0.2, 0.25) is 0 Å². The molecule has 0 aliphatic heterocycles. The van der Waals surface area contributed by atoms with Gasteiger partial charge in [-0.05, 0) is 25.1 Å². The standard InChI is InChI=1S/C18H14N4O7S/c1-2-29-16(23)10-20-14-9-13(22(27)28)7-8-15(14)30-18(20)19-17(24)11-3-5-12(6-4-11)21(25)26/h3-9H,2,10H2,1H3. The molecule has 0 saturated heterocycles. The molecule has 0 aliphatic carbocycles. The van der Waals surface area contributed by atoms with Gasteiger partial charge in [-0.3, -0.25) is 29.8 Å². The van der Waals surface area contributed by atoms with Gasteiger partial charge >= 0.3 is 5.97 Å². The normalized spacial score (nSPS) is 11.4. The highest BCUT2D eigenvalue weighted by Crippen LogP contribution is 2.23. The second kappa shape index (κ2) is 8.61. The Labute approximate surface area is 172 Å². The molecule has 1 aromatic heterocycles. The zero-order valence-electron chi connectivity index (χ0n) is 15.5. The van der Waals surface area contributed by atoms with Crippen LogP contribution < -0.4 is 4.80 Å². The Balaban J connectivity index is 2.10. The average Bonchev–Trinajstić information content (AvgIpc) is 3.04. The molecule has 1 amide bonds. The molecule has 0 radical (unpaired) electrons. The highest BCUT2D eigenvalue weighted by Gasteiger charge is 2.16. The number of hydrogen-bond acceptors (Lipinski definition) is 8. The summed E-state index contributed by atoms with van der Waals surface area (Å²) in [5.41, 5.74) is 0.133. The van der Waals surface area contributed by atoms with Crippen molar-refractivity contribution < 1.29 is 24.2 Å². The first-order valence-electron chi connectivity index (χ1n) is 8.57. The number of nitro groups is 2. The molecule has 12 heteroatoms. The van der Waals surface area contributed by atoms with Crippen molar-refractivity contribution in [3.05, 3.63) is 73.1 Å². The molecule has 3 aromatic rings. The molecule has 154 valence electrons. The molecule has 0 atom stereocenters. The van der Waals surface area contributed by atoms with Crippen LogP contribution in [-0.2, 0) is 16.1 Å². The van der Waals surface area contributed by atoms with Crippen molar-refractivity contribution >= 4 is 44.8 Å². The van der Waals surface area contributed by atoms with Crippen LogP contribution >= 0.6 is 11.3 Å². The highest BCUT2D eigenvalue weighted by atomic mass is 32.1. The van der Waals surface area contributed by atoms with E-state index in [-0.39, 0.29) is 34.9 Å². The van der Waals surface area contributed by atoms with E-state index in [1.54, 1.807) is 6.92 Å². The van der Waals surface area contributed by atoms with Crippen molar-refractivity contribution in [2.45, 2.75) is 13.5 Å². The van der Waals surface area contributed by atoms with Gasteiger partial charge < -0.3 is 9.30 Å². The Hall–Kier alpha value is -3.93. The van der Waals surface area contributed by atoms with Crippen LogP contribution in [0.1, 0.15) is 17.3 Å². The van der Waals surface area contributed by atoms with Crippen LogP contribution in [0.4, 0.5) is 11.4 Å². The van der Waals surface area contributed by atoms with Crippen LogP contribution in [0.15, 0.2) is 47.5 Å². The van der Waals surface area contributed by atoms with E-state index >= 15 is 0 Å². The summed E-state index contributed by atoms with van der Waals surface area (Å²) in [6.07, 6.45) is 0. The molecular weight excluding hydrogens is 416 g/mol. The first-order valence-corrected chi connectivity index (χ1v) is 9.38. The zero-order valence-corrected chi connectivity index (χ0v) is 16.3. The number of carbonyl (C=O) groups is 2. The summed E-state index contributed by atoms with van der Waals surface area (Å²) >= 11 is 1.07. The molecule has 0 fully saturated rings. The number of aromatic nitrogens is 1. The molecule has 3 rings (SSSR count). The first kappa shape index (κ1) is 20.8. The van der Waals surface area contributed by atoms with Gasteiger partial charge in [0.15, 0.2) is 4.80 Å². The number of carbonyl (C=O) groups excluding carboxylic acids is 2. The van der Waals surface area contributed by atoms with E-state index in [9.17, 15) is 29.8 Å². The number of amides is 1. The van der Waals surface area contributed by atoms with Gasteiger partial charge in [0.25, 0.3) is 17.3 Å². The van der Waals surface area contributed by atoms with Gasteiger partial charge in [-0.2, -0.15) is 4.99 Å². The number of non-ortho nitro benzene ring substituents is 2. The summed E-state index contributed by atoms with van der Waals surface area (Å²) in [7, 11) is 0. The van der Waals surface area contributed by atoms with Crippen LogP contribution in [-0.4, -0.2) is 32.9 Å². The Morgan fingerprint density at radius 3 is 2.30 bits per heavy atom. The predicted octanol–water partition coefficient (Wildman–Crippen LogP) is 2.82. The largest absolute Gasteiger partial charge is 0.465 e. The topological polar surface area (TPSA) is 147 Å². The van der Waals surface area contributed by atoms with Gasteiger partial charge in [-0.25, -0.2) is 0 Å². The Morgan fingerprint density at radius 2 is 1.70 bits per heavy atom. The summed E-state index contributed by atoms with van der Waals surface area (Å²) in [6, 6.07) is 9.04. The van der Waals surface area contributed by atoms with Crippen LogP contribution in [0.5, 0.6) is 0 Å². The lowest BCUT2D eigenvalue weighted by Crippen LogP contribution is -2.23. The number of benzene rings is 2. The van der Waals surface area contributed by atoms with Gasteiger partial charge in [0.1, 0.15) is 6.54 Å². The third-order valence-electron chi connectivity index (χ3n) is 3.99. The van der Waals surface area contributed by atoms with Gasteiger partial charge in [0.05, 0.1) is 26.7 Å². The van der Waals surface area contributed by atoms with E-state index in [0.717, 1.165) is 11.3 Å². The lowest BCUT2D eigenvalue weighted by atomic mass is 10.2. The molecule has 0 aliphatic rings. The second-order valence-electron chi connectivity index (χ2n) is 5.91. The van der Waals surface area contributed by atoms with E-state index in [1.165, 1.54) is 47.0 Å². The lowest BCUT2D eigenvalue weighted by molar-refractivity contribution is -0.385. The quantitative estimate of drug-likeness (QED) is 0.332. The molecule has 0 bridgehead atoms. The summed E-state index contributed by atoms with van der Waals surface area (Å²) in [4.78, 5) is 49.4. The average molecular weight is 430 g/mol. The number of fused-ring (bicyclic) bond motifs is 1. The third kappa shape index (κ3) is 4.38. The fourth-order valence-corrected chi connectivity index (χ4v) is 3.63. The fraction of sp³-hybridized carbons (Fsp3) is 0.167. The number of hydrogen-bond donors (Lipinski definition) is 0. The number of nitrogens with zero attached hydrogens (tertiary/aromatic N) is 4. The fourth-order valence-electron chi connectivity index (χ4n) is 2.62. The maximum absolute atomic E-state index is 12.5. The van der Waals surface area contributed by atoms with E-state index in [4.69, 9.17) is 4.74 Å². The number of ether oxygens (including phenoxy) is 1. The molecule has 0 N–H and O–H groups in total. The van der Waals surface area contributed by atoms with Crippen LogP contribution in [0.3, 0.4) is 0 Å². The van der Waals surface area contributed by atoms with Gasteiger partial charge in [0, 0.05) is 29.8 Å². The summed E-state index contributed by atoms with van der Waals surface area (Å²) in [5.74, 6) is -1.27. The van der Waals surface area contributed by atoms with Crippen molar-refractivity contribution in [3.63, 3.8) is 0 Å². The maximum Gasteiger partial charge on any atom is 0.326 e. The Kier molecular flexibility index (Phi) is 5.97. The summed E-state index contributed by atoms with van der Waals surface area (Å²) in [5, 5.41) is 21.9. The second-order valence-corrected chi connectivity index (χ2v) is 6.91. The van der Waals surface area contributed by atoms with Crippen LogP contribution in [0, 0.1) is 20.2 Å². The minimum Gasteiger partial charge on any atom is -0.465 e. The Morgan fingerprint density at radius 1 is 1.07 bits per heavy atom. The van der Waals surface area contributed by atoms with Crippen molar-refractivity contribution in [3.8, 4) is 0 Å². The maximum atomic E-state index is 12.5. The third-order valence-corrected chi connectivity index (χ3v) is 5.05. The van der Waals surface area contributed by atoms with E-state index < -0.39 is 21.7 Å². The van der Waals surface area contributed by atoms with Crippen LogP contribution in [0.2, 0.25) is 0 Å². The number of thiazole rings is 1. The smallest absolute Gasteiger partial charge is 0.326 e.